The molecular formula is C22H34N4O2S. The number of aromatic nitrogens is 2. The number of imidazole rings is 1. The highest BCUT2D eigenvalue weighted by molar-refractivity contribution is 7.91. The van der Waals surface area contributed by atoms with E-state index in [1.807, 2.05) is 4.57 Å². The van der Waals surface area contributed by atoms with Crippen molar-refractivity contribution in [3.63, 3.8) is 0 Å². The van der Waals surface area contributed by atoms with Crippen LogP contribution in [0.15, 0.2) is 35.6 Å². The molecule has 160 valence electrons. The number of unbranched alkanes of at least 4 members (excludes halogenated alkanes) is 1. The molecule has 0 bridgehead atoms. The fourth-order valence-electron chi connectivity index (χ4n) is 4.07. The monoisotopic (exact) mass is 418 g/mol. The molecule has 0 spiro atoms. The summed E-state index contributed by atoms with van der Waals surface area (Å²) in [5, 5.41) is 0.223. The number of sulfone groups is 1. The molecule has 1 aromatic heterocycles. The van der Waals surface area contributed by atoms with Crippen LogP contribution in [0, 0.1) is 0 Å². The number of nitrogens with zero attached hydrogens (tertiary/aromatic N) is 4. The minimum atomic E-state index is -3.32. The Bertz CT molecular complexity index is 923. The van der Waals surface area contributed by atoms with Gasteiger partial charge in [-0.3, -0.25) is 9.80 Å². The number of benzene rings is 1. The van der Waals surface area contributed by atoms with Crippen LogP contribution in [0.4, 0.5) is 0 Å². The van der Waals surface area contributed by atoms with Crippen molar-refractivity contribution in [1.29, 1.82) is 0 Å². The zero-order valence-electron chi connectivity index (χ0n) is 18.1. The van der Waals surface area contributed by atoms with Gasteiger partial charge in [-0.05, 0) is 38.1 Å². The summed E-state index contributed by atoms with van der Waals surface area (Å²) in [4.78, 5) is 9.00. The lowest BCUT2D eigenvalue weighted by Gasteiger charge is -2.36. The predicted molar refractivity (Wildman–Crippen MR) is 117 cm³/mol. The Morgan fingerprint density at radius 3 is 2.62 bits per heavy atom. The van der Waals surface area contributed by atoms with E-state index in [9.17, 15) is 8.42 Å². The van der Waals surface area contributed by atoms with E-state index in [2.05, 4.69) is 60.1 Å². The quantitative estimate of drug-likeness (QED) is 0.627. The lowest BCUT2D eigenvalue weighted by atomic mass is 9.94. The molecule has 0 saturated heterocycles. The van der Waals surface area contributed by atoms with Gasteiger partial charge in [0.15, 0.2) is 0 Å². The molecule has 1 aliphatic heterocycles. The SMILES string of the molecule is CCCCn1c(CN(C)C[C@@H]2Cc3ccccc3CN2C)cnc1S(=O)(=O)CC. The summed E-state index contributed by atoms with van der Waals surface area (Å²) in [5.41, 5.74) is 3.83. The van der Waals surface area contributed by atoms with Crippen molar-refractivity contribution in [1.82, 2.24) is 19.4 Å². The highest BCUT2D eigenvalue weighted by Gasteiger charge is 2.26. The second-order valence-corrected chi connectivity index (χ2v) is 10.4. The minimum Gasteiger partial charge on any atom is -0.318 e. The van der Waals surface area contributed by atoms with E-state index >= 15 is 0 Å². The van der Waals surface area contributed by atoms with Crippen molar-refractivity contribution in [2.75, 3.05) is 26.4 Å². The standard InChI is InChI=1S/C22H34N4O2S/c1-5-7-12-26-21(14-23-22(26)29(27,28)6-2)17-24(3)16-20-13-18-10-8-9-11-19(18)15-25(20)4/h8-11,14,20H,5-7,12-13,15-17H2,1-4H3/t20-/m0/s1. The van der Waals surface area contributed by atoms with E-state index in [0.29, 0.717) is 19.1 Å². The van der Waals surface area contributed by atoms with Gasteiger partial charge in [0.2, 0.25) is 15.0 Å². The zero-order chi connectivity index (χ0) is 21.0. The van der Waals surface area contributed by atoms with E-state index in [-0.39, 0.29) is 10.9 Å². The first-order chi connectivity index (χ1) is 13.9. The van der Waals surface area contributed by atoms with Crippen molar-refractivity contribution in [3.05, 3.63) is 47.3 Å². The summed E-state index contributed by atoms with van der Waals surface area (Å²) >= 11 is 0. The van der Waals surface area contributed by atoms with Gasteiger partial charge in [0.05, 0.1) is 17.6 Å². The highest BCUT2D eigenvalue weighted by Crippen LogP contribution is 2.23. The molecular weight excluding hydrogens is 384 g/mol. The fraction of sp³-hybridized carbons (Fsp3) is 0.591. The molecule has 0 radical (unpaired) electrons. The van der Waals surface area contributed by atoms with Crippen LogP contribution in [0.5, 0.6) is 0 Å². The van der Waals surface area contributed by atoms with Crippen molar-refractivity contribution in [3.8, 4) is 0 Å². The van der Waals surface area contributed by atoms with Crippen molar-refractivity contribution in [2.45, 2.75) is 63.9 Å². The molecule has 3 rings (SSSR count). The van der Waals surface area contributed by atoms with Crippen molar-refractivity contribution < 1.29 is 8.42 Å². The molecule has 7 heteroatoms. The van der Waals surface area contributed by atoms with Crippen LogP contribution in [0.1, 0.15) is 43.5 Å². The number of rotatable bonds is 9. The van der Waals surface area contributed by atoms with Crippen LogP contribution < -0.4 is 0 Å². The van der Waals surface area contributed by atoms with E-state index in [1.165, 1.54) is 11.1 Å². The summed E-state index contributed by atoms with van der Waals surface area (Å²) in [5.74, 6) is 0.0810. The van der Waals surface area contributed by atoms with Gasteiger partial charge in [0.1, 0.15) is 0 Å². The summed E-state index contributed by atoms with van der Waals surface area (Å²) in [6.45, 7) is 7.10. The third-order valence-corrected chi connectivity index (χ3v) is 7.51. The highest BCUT2D eigenvalue weighted by atomic mass is 32.2. The minimum absolute atomic E-state index is 0.0810. The molecule has 6 nitrogen and oxygen atoms in total. The van der Waals surface area contributed by atoms with E-state index in [4.69, 9.17) is 0 Å². The van der Waals surface area contributed by atoms with Gasteiger partial charge in [-0.15, -0.1) is 0 Å². The van der Waals surface area contributed by atoms with Gasteiger partial charge in [0.25, 0.3) is 0 Å². The summed E-state index contributed by atoms with van der Waals surface area (Å²) < 4.78 is 26.8. The van der Waals surface area contributed by atoms with Crippen LogP contribution in [-0.4, -0.2) is 60.2 Å². The van der Waals surface area contributed by atoms with Crippen LogP contribution in [0.2, 0.25) is 0 Å². The van der Waals surface area contributed by atoms with Crippen molar-refractivity contribution in [2.24, 2.45) is 0 Å². The normalized spacial score (nSPS) is 17.6. The van der Waals surface area contributed by atoms with Crippen molar-refractivity contribution >= 4 is 9.84 Å². The topological polar surface area (TPSA) is 58.4 Å². The zero-order valence-corrected chi connectivity index (χ0v) is 19.0. The maximum atomic E-state index is 12.5. The molecule has 1 aliphatic rings. The first-order valence-electron chi connectivity index (χ1n) is 10.6. The Morgan fingerprint density at radius 1 is 1.21 bits per heavy atom. The Kier molecular flexibility index (Phi) is 7.14. The third-order valence-electron chi connectivity index (χ3n) is 5.87. The lowest BCUT2D eigenvalue weighted by Crippen LogP contribution is -2.44. The van der Waals surface area contributed by atoms with Gasteiger partial charge in [-0.25, -0.2) is 13.4 Å². The molecule has 29 heavy (non-hydrogen) atoms. The Morgan fingerprint density at radius 2 is 1.93 bits per heavy atom. The molecule has 0 aliphatic carbocycles. The molecule has 0 saturated carbocycles. The Balaban J connectivity index is 1.73. The molecule has 0 N–H and O–H groups in total. The lowest BCUT2D eigenvalue weighted by molar-refractivity contribution is 0.157. The first-order valence-corrected chi connectivity index (χ1v) is 12.2. The Hall–Kier alpha value is -1.70. The van der Waals surface area contributed by atoms with Crippen LogP contribution in [0.25, 0.3) is 0 Å². The number of hydrogen-bond donors (Lipinski definition) is 0. The summed E-state index contributed by atoms with van der Waals surface area (Å²) in [6.07, 6.45) is 4.75. The fourth-order valence-corrected chi connectivity index (χ4v) is 5.09. The van der Waals surface area contributed by atoms with Crippen LogP contribution >= 0.6 is 0 Å². The van der Waals surface area contributed by atoms with E-state index < -0.39 is 9.84 Å². The average Bonchev–Trinajstić information content (AvgIpc) is 3.10. The summed E-state index contributed by atoms with van der Waals surface area (Å²) in [6, 6.07) is 9.12. The second kappa shape index (κ2) is 9.41. The number of fused-ring (bicyclic) bond motifs is 1. The third kappa shape index (κ3) is 5.08. The van der Waals surface area contributed by atoms with Gasteiger partial charge in [-0.2, -0.15) is 0 Å². The number of likely N-dealkylation sites (N-methyl/N-ethyl adjacent to an activating group) is 2. The van der Waals surface area contributed by atoms with E-state index in [0.717, 1.165) is 38.0 Å². The first kappa shape index (κ1) is 22.0. The smallest absolute Gasteiger partial charge is 0.227 e. The summed E-state index contributed by atoms with van der Waals surface area (Å²) in [7, 11) is 0.978. The molecule has 0 fully saturated rings. The van der Waals surface area contributed by atoms with Crippen LogP contribution in [0.3, 0.4) is 0 Å². The van der Waals surface area contributed by atoms with Gasteiger partial charge < -0.3 is 4.57 Å². The maximum absolute atomic E-state index is 12.5. The molecule has 0 amide bonds. The molecule has 1 aromatic carbocycles. The average molecular weight is 419 g/mol. The molecule has 0 unspecified atom stereocenters. The second-order valence-electron chi connectivity index (χ2n) is 8.18. The number of hydrogen-bond acceptors (Lipinski definition) is 5. The van der Waals surface area contributed by atoms with Gasteiger partial charge in [-0.1, -0.05) is 44.5 Å². The largest absolute Gasteiger partial charge is 0.318 e. The van der Waals surface area contributed by atoms with Gasteiger partial charge in [0, 0.05) is 32.2 Å². The Labute approximate surface area is 175 Å². The molecule has 2 heterocycles. The van der Waals surface area contributed by atoms with E-state index in [1.54, 1.807) is 13.1 Å². The molecule has 1 atom stereocenters. The maximum Gasteiger partial charge on any atom is 0.227 e. The van der Waals surface area contributed by atoms with Gasteiger partial charge >= 0.3 is 0 Å². The molecule has 2 aromatic rings. The predicted octanol–water partition coefficient (Wildman–Crippen LogP) is 2.97. The van der Waals surface area contributed by atoms with Crippen LogP contribution in [-0.2, 0) is 35.9 Å².